The summed E-state index contributed by atoms with van der Waals surface area (Å²) >= 11 is 0. The molecule has 0 fully saturated rings. The molecule has 0 spiro atoms. The Morgan fingerprint density at radius 3 is 0.244 bits per heavy atom. The third kappa shape index (κ3) is 216000. The summed E-state index contributed by atoms with van der Waals surface area (Å²) in [5, 5.41) is 0. The van der Waals surface area contributed by atoms with Crippen LogP contribution in [-0.2, 0) is 83.2 Å². The van der Waals surface area contributed by atoms with Crippen molar-refractivity contribution in [3.63, 3.8) is 0 Å². The van der Waals surface area contributed by atoms with Crippen molar-refractivity contribution in [3.8, 4) is 0 Å². The maximum atomic E-state index is 8.74. The van der Waals surface area contributed by atoms with Crippen LogP contribution in [0.5, 0.6) is 0 Å². The second kappa shape index (κ2) is 25.9. The predicted molar refractivity (Wildman–Crippen MR) is 114 cm³/mol. The molecule has 0 aliphatic heterocycles. The van der Waals surface area contributed by atoms with Gasteiger partial charge in [0.05, 0.1) is 0 Å². The van der Waals surface area contributed by atoms with Crippen molar-refractivity contribution in [2.75, 3.05) is 0 Å². The zero-order valence-corrected chi connectivity index (χ0v) is 25.1. The first-order valence-corrected chi connectivity index (χ1v) is 16.6. The van der Waals surface area contributed by atoms with Crippen molar-refractivity contribution in [1.29, 1.82) is 0 Å². The van der Waals surface area contributed by atoms with Gasteiger partial charge in [-0.3, -0.25) is 59.2 Å². The summed E-state index contributed by atoms with van der Waals surface area (Å²) in [5.74, 6) is 0. The first-order valence-electron chi connectivity index (χ1n) is 5.54. The van der Waals surface area contributed by atoms with Crippen LogP contribution < -0.4 is 0 Å². The summed E-state index contributed by atoms with van der Waals surface area (Å²) in [5.41, 5.74) is 0. The van der Waals surface area contributed by atoms with E-state index in [1.807, 2.05) is 0 Å². The number of hydrogen-bond donors (Lipinski definition) is 13. The van der Waals surface area contributed by atoms with Gasteiger partial charge in [0, 0.05) is 0 Å². The molecule has 0 atom stereocenters. The topological polar surface area (TPSA) is 605 Å². The molecule has 0 rings (SSSR count). The molecule has 41 heavy (non-hydrogen) atoms. The average molecular weight is 809 g/mol. The zero-order chi connectivity index (χ0) is 36.0. The van der Waals surface area contributed by atoms with Gasteiger partial charge in [0.1, 0.15) is 0 Å². The molecule has 32 nitrogen and oxygen atoms in total. The second-order valence-electron chi connectivity index (χ2n) is 3.52. The molecule has 0 unspecified atom stereocenters. The standard InChI is InChI=1S/Al.8H2O4S/c;8*1-5(2,3)4/h;8*(H2,1,2,3,4)/q+3;;;;;;;;/p-3. The molecule has 0 heterocycles. The summed E-state index contributed by atoms with van der Waals surface area (Å²) in [6, 6.07) is 0. The third-order valence-corrected chi connectivity index (χ3v) is 0. The first kappa shape index (κ1) is 63.7. The molecule has 0 aliphatic carbocycles. The van der Waals surface area contributed by atoms with Crippen LogP contribution in [-0.4, -0.2) is 158 Å². The molecule has 0 aliphatic rings. The van der Waals surface area contributed by atoms with E-state index < -0.39 is 83.2 Å². The SMILES string of the molecule is O=S(=O)(O)O.O=S(=O)(O)O.O=S(=O)(O)O.O=S(=O)(O)O.O=S(=O)(O)O.O=S(=O)([O-])O.O=S(=O)([O-])O.O=S(=O)([O-])O.[Al+3]. The minimum Gasteiger partial charge on any atom is -0.726 e. The Bertz CT molecular complexity index is 1060. The maximum Gasteiger partial charge on any atom is 3.00 e. The molecule has 256 valence electrons. The quantitative estimate of drug-likeness (QED) is 0.0614. The van der Waals surface area contributed by atoms with Crippen molar-refractivity contribution in [1.82, 2.24) is 0 Å². The second-order valence-corrected chi connectivity index (χ2v) is 10.6. The van der Waals surface area contributed by atoms with Gasteiger partial charge < -0.3 is 13.7 Å². The minimum atomic E-state index is -4.92. The monoisotopic (exact) mass is 808 g/mol. The van der Waals surface area contributed by atoms with Gasteiger partial charge in [-0.15, -0.1) is 0 Å². The third-order valence-electron chi connectivity index (χ3n) is 0. The Balaban J connectivity index is -0.0000000406. The smallest absolute Gasteiger partial charge is 0.726 e. The molecule has 0 radical (unpaired) electrons. The number of hydrogen-bond acceptors (Lipinski definition) is 19. The normalized spacial score (nSPS) is 11.3. The summed E-state index contributed by atoms with van der Waals surface area (Å²) in [7, 11) is -38.1. The van der Waals surface area contributed by atoms with Crippen LogP contribution in [0, 0.1) is 0 Å². The van der Waals surface area contributed by atoms with Crippen molar-refractivity contribution in [2.45, 2.75) is 0 Å². The molecule has 0 saturated carbocycles. The molecule has 0 amide bonds. The molecular formula is H13AlO32S8. The molecule has 13 N–H and O–H groups in total. The molecule has 0 saturated heterocycles. The van der Waals surface area contributed by atoms with Crippen LogP contribution in [0.1, 0.15) is 0 Å². The zero-order valence-electron chi connectivity index (χ0n) is 17.4. The van der Waals surface area contributed by atoms with Gasteiger partial charge in [0.15, 0.2) is 0 Å². The fourth-order valence-corrected chi connectivity index (χ4v) is 0. The van der Waals surface area contributed by atoms with Crippen LogP contribution in [0.15, 0.2) is 0 Å². The fraction of sp³-hybridized carbons (Fsp3) is 0. The van der Waals surface area contributed by atoms with E-state index >= 15 is 0 Å². The Morgan fingerprint density at radius 1 is 0.244 bits per heavy atom. The van der Waals surface area contributed by atoms with Crippen molar-refractivity contribution >= 4 is 101 Å². The van der Waals surface area contributed by atoms with E-state index in [4.69, 9.17) is 140 Å². The van der Waals surface area contributed by atoms with Gasteiger partial charge in [0.25, 0.3) is 0 Å². The summed E-state index contributed by atoms with van der Waals surface area (Å²) in [4.78, 5) is 0. The van der Waals surface area contributed by atoms with E-state index in [0.29, 0.717) is 0 Å². The maximum absolute atomic E-state index is 8.74. The van der Waals surface area contributed by atoms with Gasteiger partial charge in [-0.25, -0.2) is 25.3 Å². The molecule has 0 bridgehead atoms. The molecular weight excluding hydrogens is 795 g/mol. The van der Waals surface area contributed by atoms with E-state index in [1.165, 1.54) is 0 Å². The minimum absolute atomic E-state index is 0. The van der Waals surface area contributed by atoms with Crippen LogP contribution in [0.4, 0.5) is 0 Å². The van der Waals surface area contributed by atoms with Crippen molar-refractivity contribution in [3.05, 3.63) is 0 Å². The van der Waals surface area contributed by atoms with Crippen molar-refractivity contribution in [2.24, 2.45) is 0 Å². The Morgan fingerprint density at radius 2 is 0.244 bits per heavy atom. The fourth-order valence-electron chi connectivity index (χ4n) is 0. The Kier molecular flexibility index (Phi) is 40.3. The molecule has 0 aromatic heterocycles. The van der Waals surface area contributed by atoms with E-state index in [-0.39, 0.29) is 17.4 Å². The predicted octanol–water partition coefficient (Wildman–Crippen LogP) is -6.63. The summed E-state index contributed by atoms with van der Waals surface area (Å²) < 4.78 is 256. The number of rotatable bonds is 0. The van der Waals surface area contributed by atoms with E-state index in [9.17, 15) is 0 Å². The van der Waals surface area contributed by atoms with Crippen LogP contribution in [0.25, 0.3) is 0 Å². The van der Waals surface area contributed by atoms with Crippen molar-refractivity contribution < 1.29 is 140 Å². The summed E-state index contributed by atoms with van der Waals surface area (Å²) in [6.07, 6.45) is 0. The van der Waals surface area contributed by atoms with Crippen LogP contribution in [0.2, 0.25) is 0 Å². The van der Waals surface area contributed by atoms with Gasteiger partial charge in [-0.2, -0.15) is 42.1 Å². The van der Waals surface area contributed by atoms with E-state index in [1.54, 1.807) is 0 Å². The Hall–Kier alpha value is -0.508. The van der Waals surface area contributed by atoms with Crippen LogP contribution >= 0.6 is 0 Å². The van der Waals surface area contributed by atoms with Gasteiger partial charge >= 0.3 is 69.4 Å². The van der Waals surface area contributed by atoms with Gasteiger partial charge in [-0.1, -0.05) is 0 Å². The van der Waals surface area contributed by atoms with E-state index in [0.717, 1.165) is 0 Å². The van der Waals surface area contributed by atoms with Crippen LogP contribution in [0.3, 0.4) is 0 Å². The van der Waals surface area contributed by atoms with E-state index in [2.05, 4.69) is 0 Å². The summed E-state index contributed by atoms with van der Waals surface area (Å²) in [6.45, 7) is 0. The molecule has 41 heteroatoms. The molecule has 0 aromatic carbocycles. The Labute approximate surface area is 239 Å². The average Bonchev–Trinajstić information content (AvgIpc) is 2.16. The first-order chi connectivity index (χ1) is 16.0. The van der Waals surface area contributed by atoms with Gasteiger partial charge in [-0.05, 0) is 0 Å². The van der Waals surface area contributed by atoms with Gasteiger partial charge in [0.2, 0.25) is 31.2 Å². The largest absolute Gasteiger partial charge is 3.00 e. The molecule has 0 aromatic rings.